The van der Waals surface area contributed by atoms with Gasteiger partial charge in [-0.2, -0.15) is 0 Å². The van der Waals surface area contributed by atoms with Crippen LogP contribution in [0.3, 0.4) is 0 Å². The van der Waals surface area contributed by atoms with Crippen LogP contribution >= 0.6 is 0 Å². The van der Waals surface area contributed by atoms with Crippen LogP contribution < -0.4 is 0 Å². The van der Waals surface area contributed by atoms with Gasteiger partial charge in [-0.25, -0.2) is 14.4 Å². The molecular formula is C26H31NO6. The maximum absolute atomic E-state index is 10.4. The molecule has 0 amide bonds. The van der Waals surface area contributed by atoms with Crippen molar-refractivity contribution in [2.75, 3.05) is 0 Å². The Bertz CT molecular complexity index is 1010. The van der Waals surface area contributed by atoms with E-state index >= 15 is 0 Å². The van der Waals surface area contributed by atoms with Gasteiger partial charge in [0.25, 0.3) is 0 Å². The highest BCUT2D eigenvalue weighted by Crippen LogP contribution is 2.03. The molecule has 0 atom stereocenters. The lowest BCUT2D eigenvalue weighted by Gasteiger charge is -1.95. The fourth-order valence-electron chi connectivity index (χ4n) is 2.23. The summed E-state index contributed by atoms with van der Waals surface area (Å²) < 4.78 is 0. The molecule has 0 spiro atoms. The number of aryl methyl sites for hydroxylation is 3. The Hall–Kier alpha value is -4.00. The lowest BCUT2D eigenvalue weighted by atomic mass is 10.1. The number of nitrogens with zero attached hydrogens (tertiary/aromatic N) is 1. The number of pyridine rings is 1. The van der Waals surface area contributed by atoms with E-state index in [1.165, 1.54) is 6.20 Å². The van der Waals surface area contributed by atoms with Crippen LogP contribution in [0.2, 0.25) is 0 Å². The maximum atomic E-state index is 10.4. The van der Waals surface area contributed by atoms with Gasteiger partial charge in [-0.05, 0) is 56.7 Å². The fourth-order valence-corrected chi connectivity index (χ4v) is 2.23. The number of hydrogen-bond donors (Lipinski definition) is 3. The Balaban J connectivity index is 0.000000449. The molecule has 0 aliphatic heterocycles. The Kier molecular flexibility index (Phi) is 13.8. The van der Waals surface area contributed by atoms with Crippen molar-refractivity contribution < 1.29 is 29.7 Å². The Morgan fingerprint density at radius 2 is 1.21 bits per heavy atom. The third-order valence-corrected chi connectivity index (χ3v) is 4.00. The molecule has 33 heavy (non-hydrogen) atoms. The summed E-state index contributed by atoms with van der Waals surface area (Å²) in [4.78, 5) is 35.0. The number of aromatic nitrogens is 1. The van der Waals surface area contributed by atoms with Gasteiger partial charge in [0.2, 0.25) is 0 Å². The van der Waals surface area contributed by atoms with Gasteiger partial charge in [-0.1, -0.05) is 56.2 Å². The van der Waals surface area contributed by atoms with Gasteiger partial charge in [0, 0.05) is 11.9 Å². The molecule has 3 aromatic rings. The Labute approximate surface area is 194 Å². The minimum Gasteiger partial charge on any atom is -0.478 e. The number of rotatable bonds is 4. The average molecular weight is 454 g/mol. The van der Waals surface area contributed by atoms with Crippen molar-refractivity contribution in [2.24, 2.45) is 0 Å². The van der Waals surface area contributed by atoms with Gasteiger partial charge in [0.05, 0.1) is 16.7 Å². The molecule has 7 heteroatoms. The highest BCUT2D eigenvalue weighted by atomic mass is 16.4. The molecule has 1 aromatic heterocycles. The monoisotopic (exact) mass is 453 g/mol. The van der Waals surface area contributed by atoms with Gasteiger partial charge >= 0.3 is 17.9 Å². The zero-order chi connectivity index (χ0) is 25.4. The zero-order valence-corrected chi connectivity index (χ0v) is 19.6. The third kappa shape index (κ3) is 11.8. The molecule has 176 valence electrons. The Morgan fingerprint density at radius 3 is 1.58 bits per heavy atom. The first-order chi connectivity index (χ1) is 15.6. The predicted octanol–water partition coefficient (Wildman–Crippen LogP) is 5.75. The number of hydrogen-bond acceptors (Lipinski definition) is 4. The molecule has 3 rings (SSSR count). The van der Waals surface area contributed by atoms with Crippen molar-refractivity contribution in [3.63, 3.8) is 0 Å². The van der Waals surface area contributed by atoms with E-state index in [0.717, 1.165) is 23.2 Å². The fraction of sp³-hybridized carbons (Fsp3) is 0.231. The number of aromatic carboxylic acids is 3. The predicted molar refractivity (Wildman–Crippen MR) is 128 cm³/mol. The summed E-state index contributed by atoms with van der Waals surface area (Å²) in [5.74, 6) is -2.68. The van der Waals surface area contributed by atoms with E-state index in [1.54, 1.807) is 54.6 Å². The highest BCUT2D eigenvalue weighted by molar-refractivity contribution is 5.88. The van der Waals surface area contributed by atoms with Crippen LogP contribution in [-0.4, -0.2) is 38.2 Å². The van der Waals surface area contributed by atoms with Gasteiger partial charge in [-0.15, -0.1) is 0 Å². The average Bonchev–Trinajstić information content (AvgIpc) is 2.81. The summed E-state index contributed by atoms with van der Waals surface area (Å²) >= 11 is 0. The summed E-state index contributed by atoms with van der Waals surface area (Å²) in [7, 11) is 0. The number of benzene rings is 2. The largest absolute Gasteiger partial charge is 0.478 e. The summed E-state index contributed by atoms with van der Waals surface area (Å²) in [6.45, 7) is 9.76. The first kappa shape index (κ1) is 29.0. The van der Waals surface area contributed by atoms with Crippen molar-refractivity contribution in [1.82, 2.24) is 4.98 Å². The molecule has 0 unspecified atom stereocenters. The van der Waals surface area contributed by atoms with E-state index in [4.69, 9.17) is 15.3 Å². The van der Waals surface area contributed by atoms with Crippen LogP contribution in [0.1, 0.15) is 68.7 Å². The zero-order valence-electron chi connectivity index (χ0n) is 19.6. The van der Waals surface area contributed by atoms with Crippen LogP contribution in [0.25, 0.3) is 0 Å². The highest BCUT2D eigenvalue weighted by Gasteiger charge is 2.01. The third-order valence-electron chi connectivity index (χ3n) is 4.00. The first-order valence-electron chi connectivity index (χ1n) is 10.4. The summed E-state index contributed by atoms with van der Waals surface area (Å²) in [6, 6.07) is 16.9. The lowest BCUT2D eigenvalue weighted by molar-refractivity contribution is 0.0685. The van der Waals surface area contributed by atoms with Gasteiger partial charge < -0.3 is 15.3 Å². The van der Waals surface area contributed by atoms with E-state index in [2.05, 4.69) is 4.98 Å². The van der Waals surface area contributed by atoms with Crippen molar-refractivity contribution in [2.45, 2.75) is 41.0 Å². The van der Waals surface area contributed by atoms with Crippen LogP contribution in [0.4, 0.5) is 0 Å². The standard InChI is InChI=1S/C8H9NO2.2C8H8O2.C2H6/c1-2-7-4-3-6(5-9-7)8(10)11;1-6-2-4-7(5-3-6)8(9)10;1-6-3-2-4-7(5-6)8(9)10;1-2/h3-5H,2H2,1H3,(H,10,11);2*2-5H,1H3,(H,9,10);1-2H3. The second kappa shape index (κ2) is 15.8. The molecule has 2 aromatic carbocycles. The van der Waals surface area contributed by atoms with Crippen LogP contribution in [-0.2, 0) is 6.42 Å². The number of carbonyl (C=O) groups is 3. The molecule has 0 saturated carbocycles. The molecule has 0 radical (unpaired) electrons. The van der Waals surface area contributed by atoms with E-state index in [-0.39, 0.29) is 5.56 Å². The van der Waals surface area contributed by atoms with Crippen LogP contribution in [0.15, 0.2) is 66.9 Å². The van der Waals surface area contributed by atoms with Gasteiger partial charge in [-0.3, -0.25) is 4.98 Å². The van der Waals surface area contributed by atoms with E-state index in [1.807, 2.05) is 40.7 Å². The first-order valence-corrected chi connectivity index (χ1v) is 10.4. The van der Waals surface area contributed by atoms with Crippen molar-refractivity contribution in [3.8, 4) is 0 Å². The Morgan fingerprint density at radius 1 is 0.697 bits per heavy atom. The van der Waals surface area contributed by atoms with Crippen LogP contribution in [0, 0.1) is 13.8 Å². The van der Waals surface area contributed by atoms with E-state index < -0.39 is 17.9 Å². The van der Waals surface area contributed by atoms with Gasteiger partial charge in [0.15, 0.2) is 0 Å². The van der Waals surface area contributed by atoms with Crippen molar-refractivity contribution >= 4 is 17.9 Å². The maximum Gasteiger partial charge on any atom is 0.337 e. The lowest BCUT2D eigenvalue weighted by Crippen LogP contribution is -1.97. The molecule has 3 N–H and O–H groups in total. The molecule has 1 heterocycles. The molecule has 0 saturated heterocycles. The summed E-state index contributed by atoms with van der Waals surface area (Å²) in [5, 5.41) is 25.5. The molecule has 0 aliphatic carbocycles. The molecule has 0 bridgehead atoms. The normalized spacial score (nSPS) is 9.00. The quantitative estimate of drug-likeness (QED) is 0.459. The number of carboxylic acid groups (broad SMARTS) is 3. The number of carboxylic acids is 3. The summed E-state index contributed by atoms with van der Waals surface area (Å²) in [6.07, 6.45) is 2.21. The molecular weight excluding hydrogens is 422 g/mol. The molecule has 0 fully saturated rings. The van der Waals surface area contributed by atoms with Crippen molar-refractivity contribution in [1.29, 1.82) is 0 Å². The summed E-state index contributed by atoms with van der Waals surface area (Å²) in [5.41, 5.74) is 3.88. The van der Waals surface area contributed by atoms with Crippen molar-refractivity contribution in [3.05, 3.63) is 100 Å². The SMILES string of the molecule is CC.CCc1ccc(C(=O)O)cn1.Cc1ccc(C(=O)O)cc1.Cc1cccc(C(=O)O)c1. The molecule has 7 nitrogen and oxygen atoms in total. The minimum absolute atomic E-state index is 0.238. The molecule has 0 aliphatic rings. The van der Waals surface area contributed by atoms with E-state index in [9.17, 15) is 14.4 Å². The second-order valence-electron chi connectivity index (χ2n) is 6.54. The minimum atomic E-state index is -0.930. The van der Waals surface area contributed by atoms with Crippen LogP contribution in [0.5, 0.6) is 0 Å². The van der Waals surface area contributed by atoms with E-state index in [0.29, 0.717) is 11.1 Å². The van der Waals surface area contributed by atoms with Gasteiger partial charge in [0.1, 0.15) is 0 Å². The second-order valence-corrected chi connectivity index (χ2v) is 6.54. The topological polar surface area (TPSA) is 125 Å². The smallest absolute Gasteiger partial charge is 0.337 e.